The first-order valence-corrected chi connectivity index (χ1v) is 11.8. The molecular formula is C15H38N2O8P2. The Morgan fingerprint density at radius 3 is 1.48 bits per heavy atom. The molecule has 2 unspecified atom stereocenters. The Morgan fingerprint density at radius 1 is 0.815 bits per heavy atom. The van der Waals surface area contributed by atoms with Gasteiger partial charge in [0, 0.05) is 0 Å². The van der Waals surface area contributed by atoms with E-state index in [1.807, 2.05) is 48.8 Å². The van der Waals surface area contributed by atoms with Gasteiger partial charge in [-0.05, 0) is 11.8 Å². The first kappa shape index (κ1) is 29.3. The molecule has 0 spiro atoms. The van der Waals surface area contributed by atoms with Gasteiger partial charge in [0.25, 0.3) is 15.6 Å². The summed E-state index contributed by atoms with van der Waals surface area (Å²) < 4.78 is 41.1. The topological polar surface area (TPSA) is 145 Å². The molecule has 2 atom stereocenters. The van der Waals surface area contributed by atoms with Crippen LogP contribution in [0.5, 0.6) is 0 Å². The average molecular weight is 436 g/mol. The van der Waals surface area contributed by atoms with Gasteiger partial charge in [-0.25, -0.2) is 0 Å². The van der Waals surface area contributed by atoms with Crippen molar-refractivity contribution in [2.24, 2.45) is 11.8 Å². The van der Waals surface area contributed by atoms with Crippen LogP contribution in [0.25, 0.3) is 0 Å². The first-order valence-electron chi connectivity index (χ1n) is 8.90. The number of quaternary nitrogens is 2. The molecule has 3 N–H and O–H groups in total. The number of nitrogens with zero attached hydrogens (tertiary/aromatic N) is 1. The molecule has 0 aliphatic carbocycles. The third-order valence-electron chi connectivity index (χ3n) is 2.54. The summed E-state index contributed by atoms with van der Waals surface area (Å²) in [5.41, 5.74) is 3.44. The Morgan fingerprint density at radius 2 is 1.19 bits per heavy atom. The van der Waals surface area contributed by atoms with Crippen LogP contribution in [0.1, 0.15) is 27.7 Å². The molecular weight excluding hydrogens is 398 g/mol. The third kappa shape index (κ3) is 24.1. The van der Waals surface area contributed by atoms with E-state index < -0.39 is 15.6 Å². The average Bonchev–Trinajstić information content (AvgIpc) is 2.48. The molecule has 0 aromatic heterocycles. The molecule has 0 aromatic carbocycles. The zero-order valence-corrected chi connectivity index (χ0v) is 19.5. The lowest BCUT2D eigenvalue weighted by Gasteiger charge is -2.27. The molecule has 0 rings (SSSR count). The molecule has 27 heavy (non-hydrogen) atoms. The van der Waals surface area contributed by atoms with Crippen LogP contribution < -0.4 is 15.5 Å². The van der Waals surface area contributed by atoms with Crippen molar-refractivity contribution in [2.75, 3.05) is 60.7 Å². The number of likely N-dealkylation sites (N-methyl/N-ethyl adjacent to an activating group) is 1. The van der Waals surface area contributed by atoms with E-state index in [4.69, 9.17) is 4.52 Å². The van der Waals surface area contributed by atoms with Crippen LogP contribution in [0.3, 0.4) is 0 Å². The van der Waals surface area contributed by atoms with Gasteiger partial charge >= 0.3 is 0 Å². The fourth-order valence-electron chi connectivity index (χ4n) is 1.16. The molecule has 0 fully saturated rings. The zero-order valence-electron chi connectivity index (χ0n) is 17.7. The van der Waals surface area contributed by atoms with Gasteiger partial charge in [0.05, 0.1) is 40.9 Å². The van der Waals surface area contributed by atoms with Crippen LogP contribution >= 0.6 is 15.6 Å². The molecule has 0 heterocycles. The summed E-state index contributed by atoms with van der Waals surface area (Å²) in [5, 5.41) is 0. The summed E-state index contributed by atoms with van der Waals surface area (Å²) in [6, 6.07) is 0. The van der Waals surface area contributed by atoms with Gasteiger partial charge < -0.3 is 38.1 Å². The summed E-state index contributed by atoms with van der Waals surface area (Å²) in [5.74, 6) is 0.352. The molecule has 0 aromatic rings. The molecule has 0 saturated heterocycles. The van der Waals surface area contributed by atoms with Crippen LogP contribution in [-0.4, -0.2) is 65.1 Å². The lowest BCUT2D eigenvalue weighted by Crippen LogP contribution is -2.52. The van der Waals surface area contributed by atoms with Crippen LogP contribution in [0.2, 0.25) is 0 Å². The molecule has 0 aliphatic rings. The zero-order chi connectivity index (χ0) is 21.7. The fourth-order valence-corrected chi connectivity index (χ4v) is 2.93. The van der Waals surface area contributed by atoms with Gasteiger partial charge in [-0.15, -0.1) is 0 Å². The largest absolute Gasteiger partial charge is 0.756 e. The molecule has 0 bridgehead atoms. The Balaban J connectivity index is 0. The number of phosphoric acid groups is 2. The Kier molecular flexibility index (Phi) is 15.4. The van der Waals surface area contributed by atoms with Gasteiger partial charge in [-0.3, -0.25) is 9.13 Å². The summed E-state index contributed by atoms with van der Waals surface area (Å²) in [4.78, 5) is 22.0. The van der Waals surface area contributed by atoms with Crippen LogP contribution in [0.4, 0.5) is 0 Å². The van der Waals surface area contributed by atoms with E-state index in [9.17, 15) is 18.9 Å². The Bertz CT molecular complexity index is 469. The summed E-state index contributed by atoms with van der Waals surface area (Å²) in [6.07, 6.45) is 0. The number of hydrogen-bond donors (Lipinski definition) is 1. The molecule has 0 radical (unpaired) electrons. The Labute approximate surface area is 163 Å². The van der Waals surface area contributed by atoms with Gasteiger partial charge in [0.2, 0.25) is 0 Å². The van der Waals surface area contributed by atoms with Gasteiger partial charge in [0.1, 0.15) is 19.8 Å². The van der Waals surface area contributed by atoms with Gasteiger partial charge in [0.15, 0.2) is 0 Å². The second-order valence-corrected chi connectivity index (χ2v) is 10.6. The smallest absolute Gasteiger partial charge is 0.268 e. The van der Waals surface area contributed by atoms with Crippen molar-refractivity contribution in [1.29, 1.82) is 0 Å². The second-order valence-electron chi connectivity index (χ2n) is 7.81. The van der Waals surface area contributed by atoms with Crippen LogP contribution in [-0.2, 0) is 27.2 Å². The van der Waals surface area contributed by atoms with Crippen molar-refractivity contribution in [1.82, 2.24) is 0 Å². The standard InChI is InChI=1S/C9H22NO4P.C6H16NO4P/c1-9(2)8-14-15(11,12)13-7-6-10(3,4)5;1-6(2)5-11-12(8,9)10-4-3-7/h9H,6-8H2,1-5H3;6H,3-5,7H2,1-2H3,(H,8,9). The highest BCUT2D eigenvalue weighted by molar-refractivity contribution is 7.46. The van der Waals surface area contributed by atoms with E-state index in [1.54, 1.807) is 0 Å². The molecule has 166 valence electrons. The molecule has 0 aliphatic heterocycles. The molecule has 12 heteroatoms. The van der Waals surface area contributed by atoms with Crippen molar-refractivity contribution in [3.63, 3.8) is 0 Å². The van der Waals surface area contributed by atoms with Crippen molar-refractivity contribution >= 4 is 15.6 Å². The second kappa shape index (κ2) is 14.2. The minimum Gasteiger partial charge on any atom is -0.756 e. The third-order valence-corrected chi connectivity index (χ3v) is 4.47. The van der Waals surface area contributed by atoms with E-state index in [-0.39, 0.29) is 38.3 Å². The monoisotopic (exact) mass is 436 g/mol. The highest BCUT2D eigenvalue weighted by Crippen LogP contribution is 2.38. The van der Waals surface area contributed by atoms with Crippen molar-refractivity contribution in [3.8, 4) is 0 Å². The number of phosphoric ester groups is 2. The summed E-state index contributed by atoms with van der Waals surface area (Å²) in [6.45, 7) is 9.10. The maximum absolute atomic E-state index is 11.2. The normalized spacial score (nSPS) is 16.6. The molecule has 0 amide bonds. The lowest BCUT2D eigenvalue weighted by atomic mass is 10.2. The van der Waals surface area contributed by atoms with Gasteiger partial charge in [-0.2, -0.15) is 0 Å². The predicted molar refractivity (Wildman–Crippen MR) is 99.4 cm³/mol. The Hall–Kier alpha value is 0.140. The summed E-state index contributed by atoms with van der Waals surface area (Å²) in [7, 11) is -2.25. The molecule has 0 saturated carbocycles. The highest BCUT2D eigenvalue weighted by atomic mass is 31.2. The lowest BCUT2D eigenvalue weighted by molar-refractivity contribution is -0.870. The SMILES string of the molecule is CC(C)COP(=O)([O-])OCC[N+](C)(C)C.CC(C)COP(=O)([O-])OCC[NH3+]. The van der Waals surface area contributed by atoms with E-state index in [0.717, 1.165) is 0 Å². The van der Waals surface area contributed by atoms with Crippen molar-refractivity contribution < 1.29 is 47.2 Å². The van der Waals surface area contributed by atoms with E-state index in [2.05, 4.69) is 19.3 Å². The summed E-state index contributed by atoms with van der Waals surface area (Å²) >= 11 is 0. The van der Waals surface area contributed by atoms with E-state index in [0.29, 0.717) is 17.6 Å². The quantitative estimate of drug-likeness (QED) is 0.319. The first-order chi connectivity index (χ1) is 12.1. The maximum atomic E-state index is 11.2. The van der Waals surface area contributed by atoms with E-state index >= 15 is 0 Å². The highest BCUT2D eigenvalue weighted by Gasteiger charge is 2.13. The minimum absolute atomic E-state index is 0.0822. The number of rotatable bonds is 13. The minimum atomic E-state index is -4.09. The van der Waals surface area contributed by atoms with Crippen molar-refractivity contribution in [3.05, 3.63) is 0 Å². The van der Waals surface area contributed by atoms with Crippen LogP contribution in [0, 0.1) is 11.8 Å². The predicted octanol–water partition coefficient (Wildman–Crippen LogP) is 0.236. The van der Waals surface area contributed by atoms with E-state index in [1.165, 1.54) is 0 Å². The maximum Gasteiger partial charge on any atom is 0.268 e. The molecule has 10 nitrogen and oxygen atoms in total. The fraction of sp³-hybridized carbons (Fsp3) is 1.00. The van der Waals surface area contributed by atoms with Gasteiger partial charge in [-0.1, -0.05) is 27.7 Å². The number of hydrogen-bond acceptors (Lipinski definition) is 8. The van der Waals surface area contributed by atoms with Crippen molar-refractivity contribution in [2.45, 2.75) is 27.7 Å². The van der Waals surface area contributed by atoms with Crippen LogP contribution in [0.15, 0.2) is 0 Å².